The lowest BCUT2D eigenvalue weighted by atomic mass is 9.80. The molecule has 110 valence electrons. The van der Waals surface area contributed by atoms with Gasteiger partial charge >= 0.3 is 6.18 Å². The van der Waals surface area contributed by atoms with Crippen molar-refractivity contribution in [2.45, 2.75) is 31.9 Å². The normalized spacial score (nSPS) is 23.4. The molecule has 1 heterocycles. The van der Waals surface area contributed by atoms with E-state index in [0.717, 1.165) is 0 Å². The minimum atomic E-state index is -4.23. The minimum Gasteiger partial charge on any atom is -0.309 e. The number of aromatic nitrogens is 2. The van der Waals surface area contributed by atoms with Gasteiger partial charge in [0.15, 0.2) is 5.82 Å². The first-order valence-electron chi connectivity index (χ1n) is 6.21. The van der Waals surface area contributed by atoms with Gasteiger partial charge in [0.25, 0.3) is 0 Å². The topological polar surface area (TPSA) is 54.9 Å². The number of carbonyl (C=O) groups is 1. The molecule has 0 bridgehead atoms. The lowest BCUT2D eigenvalue weighted by Crippen LogP contribution is -2.34. The molecule has 2 atom stereocenters. The Bertz CT molecular complexity index is 478. The molecular formula is C12H13BrF3N3O. The number of carbonyl (C=O) groups excluding carboxylic acids is 1. The highest BCUT2D eigenvalue weighted by Crippen LogP contribution is 2.40. The van der Waals surface area contributed by atoms with Gasteiger partial charge in [0, 0.05) is 5.92 Å². The van der Waals surface area contributed by atoms with Crippen molar-refractivity contribution >= 4 is 27.7 Å². The Kier molecular flexibility index (Phi) is 4.62. The Morgan fingerprint density at radius 1 is 1.30 bits per heavy atom. The molecule has 2 rings (SSSR count). The number of anilines is 1. The lowest BCUT2D eigenvalue weighted by molar-refractivity contribution is -0.185. The fourth-order valence-corrected chi connectivity index (χ4v) is 2.54. The maximum atomic E-state index is 12.7. The molecule has 1 N–H and O–H groups in total. The molecule has 8 heteroatoms. The van der Waals surface area contributed by atoms with Crippen molar-refractivity contribution in [2.75, 3.05) is 5.32 Å². The second-order valence-electron chi connectivity index (χ2n) is 4.82. The minimum absolute atomic E-state index is 0.103. The van der Waals surface area contributed by atoms with Crippen LogP contribution < -0.4 is 5.32 Å². The number of nitrogens with one attached hydrogen (secondary N) is 1. The number of amides is 1. The van der Waals surface area contributed by atoms with Gasteiger partial charge < -0.3 is 5.32 Å². The molecule has 1 aliphatic carbocycles. The predicted molar refractivity (Wildman–Crippen MR) is 69.9 cm³/mol. The van der Waals surface area contributed by atoms with Crippen molar-refractivity contribution in [2.24, 2.45) is 11.8 Å². The van der Waals surface area contributed by atoms with E-state index in [9.17, 15) is 18.0 Å². The van der Waals surface area contributed by atoms with Crippen LogP contribution in [0.15, 0.2) is 17.0 Å². The molecular weight excluding hydrogens is 339 g/mol. The zero-order valence-electron chi connectivity index (χ0n) is 10.5. The number of rotatable bonds is 2. The number of alkyl halides is 3. The van der Waals surface area contributed by atoms with Crippen LogP contribution in [-0.4, -0.2) is 22.1 Å². The summed E-state index contributed by atoms with van der Waals surface area (Å²) in [5.41, 5.74) is 0. The molecule has 1 saturated carbocycles. The van der Waals surface area contributed by atoms with Crippen LogP contribution in [0.3, 0.4) is 0 Å². The first-order chi connectivity index (χ1) is 9.36. The van der Waals surface area contributed by atoms with Gasteiger partial charge in [-0.25, -0.2) is 9.97 Å². The summed E-state index contributed by atoms with van der Waals surface area (Å²) in [6.07, 6.45) is -0.626. The van der Waals surface area contributed by atoms with E-state index < -0.39 is 23.9 Å². The fraction of sp³-hybridized carbons (Fsp3) is 0.583. The van der Waals surface area contributed by atoms with Gasteiger partial charge in [-0.3, -0.25) is 4.79 Å². The van der Waals surface area contributed by atoms with E-state index in [1.54, 1.807) is 0 Å². The summed E-state index contributed by atoms with van der Waals surface area (Å²) in [7, 11) is 0. The predicted octanol–water partition coefficient (Wildman–Crippen LogP) is 3.55. The molecule has 0 spiro atoms. The van der Waals surface area contributed by atoms with E-state index in [-0.39, 0.29) is 18.7 Å². The third kappa shape index (κ3) is 3.91. The Labute approximate surface area is 122 Å². The van der Waals surface area contributed by atoms with Crippen LogP contribution in [0.1, 0.15) is 25.7 Å². The molecule has 1 aromatic heterocycles. The van der Waals surface area contributed by atoms with E-state index >= 15 is 0 Å². The molecule has 1 amide bonds. The van der Waals surface area contributed by atoms with Crippen LogP contribution in [0.25, 0.3) is 0 Å². The molecule has 0 saturated heterocycles. The van der Waals surface area contributed by atoms with Crippen LogP contribution in [0.4, 0.5) is 19.0 Å². The van der Waals surface area contributed by atoms with Gasteiger partial charge in [-0.05, 0) is 35.2 Å². The molecule has 1 aromatic rings. The summed E-state index contributed by atoms with van der Waals surface area (Å²) < 4.78 is 38.6. The molecule has 2 unspecified atom stereocenters. The van der Waals surface area contributed by atoms with Gasteiger partial charge in [-0.1, -0.05) is 6.42 Å². The molecule has 0 aliphatic heterocycles. The summed E-state index contributed by atoms with van der Waals surface area (Å²) in [6, 6.07) is 0. The van der Waals surface area contributed by atoms with Gasteiger partial charge in [0.2, 0.25) is 5.91 Å². The number of nitrogens with zero attached hydrogens (tertiary/aromatic N) is 2. The Morgan fingerprint density at radius 2 is 2.05 bits per heavy atom. The highest BCUT2D eigenvalue weighted by molar-refractivity contribution is 9.10. The molecule has 1 aliphatic rings. The van der Waals surface area contributed by atoms with Crippen LogP contribution in [-0.2, 0) is 4.79 Å². The van der Waals surface area contributed by atoms with Crippen molar-refractivity contribution in [1.82, 2.24) is 9.97 Å². The van der Waals surface area contributed by atoms with Gasteiger partial charge in [0.1, 0.15) is 4.60 Å². The maximum absolute atomic E-state index is 12.7. The van der Waals surface area contributed by atoms with Gasteiger partial charge in [-0.2, -0.15) is 13.2 Å². The maximum Gasteiger partial charge on any atom is 0.391 e. The van der Waals surface area contributed by atoms with E-state index in [1.165, 1.54) is 12.4 Å². The molecule has 20 heavy (non-hydrogen) atoms. The van der Waals surface area contributed by atoms with E-state index in [1.807, 2.05) is 0 Å². The standard InChI is InChI=1S/C12H13BrF3N3O/c13-9-5-18-10(6-17-9)19-11(20)7-2-1-3-8(4-7)12(14,15)16/h5-8H,1-4H2,(H,18,19,20). The Hall–Kier alpha value is -1.18. The molecule has 1 fully saturated rings. The summed E-state index contributed by atoms with van der Waals surface area (Å²) in [4.78, 5) is 19.8. The van der Waals surface area contributed by atoms with Crippen LogP contribution in [0.5, 0.6) is 0 Å². The molecule has 0 radical (unpaired) electrons. The zero-order chi connectivity index (χ0) is 14.8. The second-order valence-corrected chi connectivity index (χ2v) is 5.63. The average molecular weight is 352 g/mol. The third-order valence-electron chi connectivity index (χ3n) is 3.38. The largest absolute Gasteiger partial charge is 0.391 e. The lowest BCUT2D eigenvalue weighted by Gasteiger charge is -2.29. The summed E-state index contributed by atoms with van der Waals surface area (Å²) in [5, 5.41) is 2.51. The van der Waals surface area contributed by atoms with Crippen LogP contribution in [0.2, 0.25) is 0 Å². The van der Waals surface area contributed by atoms with E-state index in [0.29, 0.717) is 17.4 Å². The quantitative estimate of drug-likeness (QED) is 0.886. The van der Waals surface area contributed by atoms with Crippen LogP contribution >= 0.6 is 15.9 Å². The van der Waals surface area contributed by atoms with E-state index in [4.69, 9.17) is 0 Å². The fourth-order valence-electron chi connectivity index (χ4n) is 2.33. The summed E-state index contributed by atoms with van der Waals surface area (Å²) in [5.74, 6) is -2.19. The number of hydrogen-bond acceptors (Lipinski definition) is 3. The molecule has 4 nitrogen and oxygen atoms in total. The number of halogens is 4. The smallest absolute Gasteiger partial charge is 0.309 e. The van der Waals surface area contributed by atoms with Crippen molar-refractivity contribution in [1.29, 1.82) is 0 Å². The van der Waals surface area contributed by atoms with Crippen molar-refractivity contribution < 1.29 is 18.0 Å². The van der Waals surface area contributed by atoms with Crippen LogP contribution in [0, 0.1) is 11.8 Å². The summed E-state index contributed by atoms with van der Waals surface area (Å²) in [6.45, 7) is 0. The highest BCUT2D eigenvalue weighted by atomic mass is 79.9. The Balaban J connectivity index is 1.97. The zero-order valence-corrected chi connectivity index (χ0v) is 12.0. The third-order valence-corrected chi connectivity index (χ3v) is 3.79. The monoisotopic (exact) mass is 351 g/mol. The second kappa shape index (κ2) is 6.07. The van der Waals surface area contributed by atoms with Crippen molar-refractivity contribution in [3.63, 3.8) is 0 Å². The van der Waals surface area contributed by atoms with Crippen molar-refractivity contribution in [3.05, 3.63) is 17.0 Å². The number of hydrogen-bond donors (Lipinski definition) is 1. The Morgan fingerprint density at radius 3 is 2.65 bits per heavy atom. The SMILES string of the molecule is O=C(Nc1cnc(Br)cn1)C1CCCC(C(F)(F)F)C1. The summed E-state index contributed by atoms with van der Waals surface area (Å²) >= 11 is 3.11. The highest BCUT2D eigenvalue weighted by Gasteiger charge is 2.43. The van der Waals surface area contributed by atoms with Gasteiger partial charge in [0.05, 0.1) is 18.3 Å². The van der Waals surface area contributed by atoms with Gasteiger partial charge in [-0.15, -0.1) is 0 Å². The first-order valence-corrected chi connectivity index (χ1v) is 7.00. The first kappa shape index (κ1) is 15.2. The van der Waals surface area contributed by atoms with Crippen molar-refractivity contribution in [3.8, 4) is 0 Å². The van der Waals surface area contributed by atoms with E-state index in [2.05, 4.69) is 31.2 Å². The average Bonchev–Trinajstić information content (AvgIpc) is 2.40. The molecule has 0 aromatic carbocycles.